The molecule has 1 aromatic heterocycles. The Balaban J connectivity index is 2.36. The van der Waals surface area contributed by atoms with Crippen molar-refractivity contribution in [3.05, 3.63) is 36.0 Å². The second-order valence-electron chi connectivity index (χ2n) is 3.75. The summed E-state index contributed by atoms with van der Waals surface area (Å²) in [6, 6.07) is 9.84. The van der Waals surface area contributed by atoms with E-state index in [1.54, 1.807) is 11.8 Å². The van der Waals surface area contributed by atoms with E-state index in [-0.39, 0.29) is 0 Å². The SMILES string of the molecule is CSCCc1nc(-c2ccccc2)n(N)c1N. The molecule has 0 aliphatic rings. The van der Waals surface area contributed by atoms with Gasteiger partial charge in [-0.3, -0.25) is 0 Å². The average molecular weight is 248 g/mol. The molecule has 0 fully saturated rings. The Labute approximate surface area is 105 Å². The normalized spacial score (nSPS) is 10.6. The van der Waals surface area contributed by atoms with Gasteiger partial charge in [0.15, 0.2) is 5.82 Å². The number of nitrogen functional groups attached to an aromatic ring is 2. The predicted molar refractivity (Wildman–Crippen MR) is 74.3 cm³/mol. The van der Waals surface area contributed by atoms with Crippen LogP contribution in [0.25, 0.3) is 11.4 Å². The molecule has 2 rings (SSSR count). The monoisotopic (exact) mass is 248 g/mol. The van der Waals surface area contributed by atoms with Crippen molar-refractivity contribution < 1.29 is 0 Å². The molecule has 0 amide bonds. The molecule has 0 aliphatic heterocycles. The van der Waals surface area contributed by atoms with E-state index in [0.29, 0.717) is 5.82 Å². The van der Waals surface area contributed by atoms with E-state index in [0.717, 1.165) is 29.3 Å². The lowest BCUT2D eigenvalue weighted by Gasteiger charge is -2.01. The van der Waals surface area contributed by atoms with Crippen molar-refractivity contribution in [2.45, 2.75) is 6.42 Å². The van der Waals surface area contributed by atoms with Crippen LogP contribution in [0.4, 0.5) is 5.82 Å². The van der Waals surface area contributed by atoms with Crippen molar-refractivity contribution in [3.63, 3.8) is 0 Å². The van der Waals surface area contributed by atoms with Crippen LogP contribution in [0.5, 0.6) is 0 Å². The fourth-order valence-corrected chi connectivity index (χ4v) is 2.06. The molecule has 0 saturated heterocycles. The van der Waals surface area contributed by atoms with Crippen LogP contribution >= 0.6 is 11.8 Å². The first kappa shape index (κ1) is 11.9. The van der Waals surface area contributed by atoms with Crippen LogP contribution in [0.2, 0.25) is 0 Å². The smallest absolute Gasteiger partial charge is 0.160 e. The maximum absolute atomic E-state index is 5.95. The highest BCUT2D eigenvalue weighted by atomic mass is 32.2. The summed E-state index contributed by atoms with van der Waals surface area (Å²) in [5.74, 6) is 8.20. The number of rotatable bonds is 4. The molecule has 90 valence electrons. The lowest BCUT2D eigenvalue weighted by atomic mass is 10.2. The Kier molecular flexibility index (Phi) is 3.58. The highest BCUT2D eigenvalue weighted by Gasteiger charge is 2.13. The molecule has 1 heterocycles. The molecule has 5 heteroatoms. The first-order valence-corrected chi connectivity index (χ1v) is 6.80. The summed E-state index contributed by atoms with van der Waals surface area (Å²) in [6.45, 7) is 0. The number of nitrogens with zero attached hydrogens (tertiary/aromatic N) is 2. The number of hydrogen-bond donors (Lipinski definition) is 2. The van der Waals surface area contributed by atoms with Gasteiger partial charge in [-0.25, -0.2) is 9.66 Å². The lowest BCUT2D eigenvalue weighted by molar-refractivity contribution is 1.02. The average Bonchev–Trinajstić information content (AvgIpc) is 2.65. The van der Waals surface area contributed by atoms with E-state index in [9.17, 15) is 0 Å². The van der Waals surface area contributed by atoms with Gasteiger partial charge in [0, 0.05) is 12.0 Å². The Morgan fingerprint density at radius 2 is 2.00 bits per heavy atom. The highest BCUT2D eigenvalue weighted by molar-refractivity contribution is 7.98. The second-order valence-corrected chi connectivity index (χ2v) is 4.73. The van der Waals surface area contributed by atoms with Crippen LogP contribution in [-0.2, 0) is 6.42 Å². The Hall–Kier alpha value is -1.62. The van der Waals surface area contributed by atoms with Crippen molar-refractivity contribution in [1.29, 1.82) is 0 Å². The van der Waals surface area contributed by atoms with Gasteiger partial charge in [-0.2, -0.15) is 11.8 Å². The lowest BCUT2D eigenvalue weighted by Crippen LogP contribution is -2.13. The maximum atomic E-state index is 5.95. The molecular weight excluding hydrogens is 232 g/mol. The zero-order valence-corrected chi connectivity index (χ0v) is 10.6. The number of benzene rings is 1. The largest absolute Gasteiger partial charge is 0.382 e. The first-order chi connectivity index (χ1) is 8.24. The summed E-state index contributed by atoms with van der Waals surface area (Å²) in [5, 5.41) is 0. The van der Waals surface area contributed by atoms with Gasteiger partial charge < -0.3 is 11.6 Å². The standard InChI is InChI=1S/C12H16N4S/c1-17-8-7-10-11(13)16(14)12(15-10)9-5-3-2-4-6-9/h2-6H,7-8,13-14H2,1H3. The van der Waals surface area contributed by atoms with E-state index < -0.39 is 0 Å². The fourth-order valence-electron chi connectivity index (χ4n) is 1.67. The van der Waals surface area contributed by atoms with Gasteiger partial charge >= 0.3 is 0 Å². The zero-order valence-electron chi connectivity index (χ0n) is 9.76. The van der Waals surface area contributed by atoms with E-state index in [1.807, 2.05) is 30.3 Å². The van der Waals surface area contributed by atoms with Gasteiger partial charge in [0.2, 0.25) is 0 Å². The third-order valence-electron chi connectivity index (χ3n) is 2.60. The van der Waals surface area contributed by atoms with Crippen LogP contribution in [0.15, 0.2) is 30.3 Å². The molecular formula is C12H16N4S. The van der Waals surface area contributed by atoms with E-state index in [4.69, 9.17) is 11.6 Å². The van der Waals surface area contributed by atoms with Gasteiger partial charge in [0.25, 0.3) is 0 Å². The number of aromatic nitrogens is 2. The number of imidazole rings is 1. The van der Waals surface area contributed by atoms with Gasteiger partial charge in [0.1, 0.15) is 5.82 Å². The number of thioether (sulfide) groups is 1. The van der Waals surface area contributed by atoms with Crippen LogP contribution in [0.1, 0.15) is 5.69 Å². The van der Waals surface area contributed by atoms with Crippen molar-refractivity contribution in [2.24, 2.45) is 0 Å². The molecule has 0 aliphatic carbocycles. The molecule has 0 radical (unpaired) electrons. The molecule has 17 heavy (non-hydrogen) atoms. The number of hydrogen-bond acceptors (Lipinski definition) is 4. The Morgan fingerprint density at radius 1 is 1.29 bits per heavy atom. The first-order valence-electron chi connectivity index (χ1n) is 5.40. The minimum Gasteiger partial charge on any atom is -0.382 e. The van der Waals surface area contributed by atoms with Crippen molar-refractivity contribution >= 4 is 17.6 Å². The fraction of sp³-hybridized carbons (Fsp3) is 0.250. The third-order valence-corrected chi connectivity index (χ3v) is 3.21. The minimum atomic E-state index is 0.554. The van der Waals surface area contributed by atoms with E-state index >= 15 is 0 Å². The topological polar surface area (TPSA) is 69.9 Å². The van der Waals surface area contributed by atoms with Gasteiger partial charge in [-0.15, -0.1) is 0 Å². The maximum Gasteiger partial charge on any atom is 0.160 e. The van der Waals surface area contributed by atoms with Crippen molar-refractivity contribution in [1.82, 2.24) is 9.66 Å². The predicted octanol–water partition coefficient (Wildman–Crippen LogP) is 1.75. The molecule has 4 N–H and O–H groups in total. The second kappa shape index (κ2) is 5.14. The number of anilines is 1. The van der Waals surface area contributed by atoms with Crippen molar-refractivity contribution in [3.8, 4) is 11.4 Å². The molecule has 0 saturated carbocycles. The van der Waals surface area contributed by atoms with E-state index in [1.165, 1.54) is 4.68 Å². The minimum absolute atomic E-state index is 0.554. The Bertz CT molecular complexity index is 493. The van der Waals surface area contributed by atoms with Gasteiger partial charge in [0.05, 0.1) is 5.69 Å². The number of nitrogens with two attached hydrogens (primary N) is 2. The van der Waals surface area contributed by atoms with Gasteiger partial charge in [-0.05, 0) is 12.0 Å². The summed E-state index contributed by atoms with van der Waals surface area (Å²) in [7, 11) is 0. The summed E-state index contributed by atoms with van der Waals surface area (Å²) in [5.41, 5.74) is 7.81. The summed E-state index contributed by atoms with van der Waals surface area (Å²) >= 11 is 1.77. The van der Waals surface area contributed by atoms with Crippen molar-refractivity contribution in [2.75, 3.05) is 23.6 Å². The molecule has 0 bridgehead atoms. The van der Waals surface area contributed by atoms with Crippen LogP contribution in [0.3, 0.4) is 0 Å². The highest BCUT2D eigenvalue weighted by Crippen LogP contribution is 2.22. The molecule has 0 spiro atoms. The molecule has 0 unspecified atom stereocenters. The third kappa shape index (κ3) is 2.39. The molecule has 0 atom stereocenters. The Morgan fingerprint density at radius 3 is 2.65 bits per heavy atom. The van der Waals surface area contributed by atoms with E-state index in [2.05, 4.69) is 11.2 Å². The summed E-state index contributed by atoms with van der Waals surface area (Å²) in [6.07, 6.45) is 2.91. The van der Waals surface area contributed by atoms with Crippen LogP contribution in [0, 0.1) is 0 Å². The molecule has 1 aromatic carbocycles. The molecule has 2 aromatic rings. The summed E-state index contributed by atoms with van der Waals surface area (Å²) < 4.78 is 1.46. The quantitative estimate of drug-likeness (QED) is 0.809. The van der Waals surface area contributed by atoms with Crippen LogP contribution < -0.4 is 11.6 Å². The van der Waals surface area contributed by atoms with Gasteiger partial charge in [-0.1, -0.05) is 30.3 Å². The number of aryl methyl sites for hydroxylation is 1. The zero-order chi connectivity index (χ0) is 12.3. The van der Waals surface area contributed by atoms with Crippen LogP contribution in [-0.4, -0.2) is 21.7 Å². The summed E-state index contributed by atoms with van der Waals surface area (Å²) in [4.78, 5) is 4.52. The molecule has 4 nitrogen and oxygen atoms in total.